The maximum absolute atomic E-state index is 4.69. The number of aryl methyl sites for hydroxylation is 1. The molecule has 2 rings (SSSR count). The highest BCUT2D eigenvalue weighted by Crippen LogP contribution is 2.26. The molecule has 1 N–H and O–H groups in total. The van der Waals surface area contributed by atoms with E-state index in [4.69, 9.17) is 0 Å². The third-order valence-corrected chi connectivity index (χ3v) is 4.39. The first-order chi connectivity index (χ1) is 9.20. The van der Waals surface area contributed by atoms with Crippen LogP contribution in [0.25, 0.3) is 0 Å². The normalized spacial score (nSPS) is 12.6. The Morgan fingerprint density at radius 2 is 2.26 bits per heavy atom. The van der Waals surface area contributed by atoms with Crippen molar-refractivity contribution in [2.75, 3.05) is 6.54 Å². The minimum absolute atomic E-state index is 0.389. The largest absolute Gasteiger partial charge is 0.309 e. The lowest BCUT2D eigenvalue weighted by atomic mass is 10.2. The van der Waals surface area contributed by atoms with Gasteiger partial charge in [-0.1, -0.05) is 13.0 Å². The number of pyridine rings is 1. The van der Waals surface area contributed by atoms with Gasteiger partial charge >= 0.3 is 0 Å². The second-order valence-electron chi connectivity index (χ2n) is 4.77. The van der Waals surface area contributed by atoms with Crippen molar-refractivity contribution in [3.05, 3.63) is 45.7 Å². The zero-order valence-corrected chi connectivity index (χ0v) is 12.6. The van der Waals surface area contributed by atoms with Crippen LogP contribution in [-0.2, 0) is 6.42 Å². The molecule has 2 aromatic heterocycles. The third-order valence-electron chi connectivity index (χ3n) is 3.05. The van der Waals surface area contributed by atoms with Crippen LogP contribution in [0.15, 0.2) is 24.5 Å². The molecular weight excluding hydrogens is 254 g/mol. The molecule has 102 valence electrons. The van der Waals surface area contributed by atoms with Crippen LogP contribution < -0.4 is 5.32 Å². The molecule has 0 aromatic carbocycles. The maximum atomic E-state index is 4.69. The predicted molar refractivity (Wildman–Crippen MR) is 80.6 cm³/mol. The molecule has 0 amide bonds. The van der Waals surface area contributed by atoms with Gasteiger partial charge in [-0.25, -0.2) is 4.98 Å². The van der Waals surface area contributed by atoms with Crippen molar-refractivity contribution >= 4 is 11.3 Å². The summed E-state index contributed by atoms with van der Waals surface area (Å²) >= 11 is 1.81. The van der Waals surface area contributed by atoms with E-state index in [1.807, 2.05) is 23.6 Å². The minimum atomic E-state index is 0.389. The topological polar surface area (TPSA) is 37.8 Å². The van der Waals surface area contributed by atoms with Crippen LogP contribution >= 0.6 is 11.3 Å². The van der Waals surface area contributed by atoms with Crippen LogP contribution in [0, 0.1) is 6.92 Å². The van der Waals surface area contributed by atoms with Crippen LogP contribution in [0.1, 0.15) is 47.5 Å². The van der Waals surface area contributed by atoms with Crippen molar-refractivity contribution in [3.63, 3.8) is 0 Å². The number of nitrogens with one attached hydrogen (secondary N) is 1. The highest BCUT2D eigenvalue weighted by molar-refractivity contribution is 7.11. The summed E-state index contributed by atoms with van der Waals surface area (Å²) in [6, 6.07) is 4.46. The van der Waals surface area contributed by atoms with E-state index in [1.54, 1.807) is 6.20 Å². The summed E-state index contributed by atoms with van der Waals surface area (Å²) in [7, 11) is 0. The summed E-state index contributed by atoms with van der Waals surface area (Å²) < 4.78 is 0. The van der Waals surface area contributed by atoms with Crippen molar-refractivity contribution in [2.45, 2.75) is 39.7 Å². The monoisotopic (exact) mass is 275 g/mol. The lowest BCUT2D eigenvalue weighted by Gasteiger charge is -2.11. The molecule has 4 heteroatoms. The fourth-order valence-corrected chi connectivity index (χ4v) is 3.20. The average molecular weight is 275 g/mol. The first-order valence-corrected chi connectivity index (χ1v) is 7.60. The lowest BCUT2D eigenvalue weighted by molar-refractivity contribution is 0.575. The van der Waals surface area contributed by atoms with E-state index in [0.29, 0.717) is 6.04 Å². The summed E-state index contributed by atoms with van der Waals surface area (Å²) in [5.41, 5.74) is 2.37. The van der Waals surface area contributed by atoms with Gasteiger partial charge < -0.3 is 5.32 Å². The second-order valence-corrected chi connectivity index (χ2v) is 5.89. The van der Waals surface area contributed by atoms with Gasteiger partial charge in [0.15, 0.2) is 0 Å². The average Bonchev–Trinajstić information content (AvgIpc) is 2.78. The Hall–Kier alpha value is -1.26. The highest BCUT2D eigenvalue weighted by atomic mass is 32.1. The Bertz CT molecular complexity index is 507. The van der Waals surface area contributed by atoms with Crippen LogP contribution in [0.4, 0.5) is 0 Å². The van der Waals surface area contributed by atoms with E-state index in [0.717, 1.165) is 25.1 Å². The van der Waals surface area contributed by atoms with E-state index in [2.05, 4.69) is 42.1 Å². The van der Waals surface area contributed by atoms with Gasteiger partial charge in [-0.05, 0) is 38.4 Å². The molecule has 0 radical (unpaired) electrons. The maximum Gasteiger partial charge on any atom is 0.0976 e. The van der Waals surface area contributed by atoms with Gasteiger partial charge in [0.2, 0.25) is 0 Å². The standard InChI is InChI=1S/C15H21N3S/c1-4-7-17-11(2)15-12(3)18-14(19-15)9-13-6-5-8-16-10-13/h5-6,8,10-11,17H,4,7,9H2,1-3H3. The van der Waals surface area contributed by atoms with Gasteiger partial charge in [-0.15, -0.1) is 11.3 Å². The molecule has 0 aliphatic rings. The molecule has 2 aromatic rings. The molecule has 0 spiro atoms. The SMILES string of the molecule is CCCNC(C)c1sc(Cc2cccnc2)nc1C. The molecule has 2 heterocycles. The summed E-state index contributed by atoms with van der Waals surface area (Å²) in [6.07, 6.45) is 5.75. The molecule has 0 fully saturated rings. The Labute approximate surface area is 119 Å². The van der Waals surface area contributed by atoms with Crippen LogP contribution in [0.3, 0.4) is 0 Å². The molecule has 0 aliphatic carbocycles. The van der Waals surface area contributed by atoms with Gasteiger partial charge in [0, 0.05) is 29.7 Å². The number of aromatic nitrogens is 2. The van der Waals surface area contributed by atoms with Crippen LogP contribution in [-0.4, -0.2) is 16.5 Å². The summed E-state index contributed by atoms with van der Waals surface area (Å²) in [6.45, 7) is 7.55. The molecule has 1 unspecified atom stereocenters. The zero-order valence-electron chi connectivity index (χ0n) is 11.8. The van der Waals surface area contributed by atoms with E-state index in [9.17, 15) is 0 Å². The Morgan fingerprint density at radius 1 is 1.42 bits per heavy atom. The quantitative estimate of drug-likeness (QED) is 0.877. The minimum Gasteiger partial charge on any atom is -0.309 e. The molecule has 1 atom stereocenters. The molecule has 3 nitrogen and oxygen atoms in total. The Morgan fingerprint density at radius 3 is 2.95 bits per heavy atom. The first kappa shape index (κ1) is 14.2. The number of thiazole rings is 1. The third kappa shape index (κ3) is 3.85. The molecule has 0 aliphatic heterocycles. The van der Waals surface area contributed by atoms with E-state index in [-0.39, 0.29) is 0 Å². The molecular formula is C15H21N3S. The van der Waals surface area contributed by atoms with Gasteiger partial charge in [0.05, 0.1) is 10.7 Å². The van der Waals surface area contributed by atoms with Crippen molar-refractivity contribution in [1.29, 1.82) is 0 Å². The van der Waals surface area contributed by atoms with Gasteiger partial charge in [-0.2, -0.15) is 0 Å². The number of hydrogen-bond donors (Lipinski definition) is 1. The number of hydrogen-bond acceptors (Lipinski definition) is 4. The fourth-order valence-electron chi connectivity index (χ4n) is 2.07. The smallest absolute Gasteiger partial charge is 0.0976 e. The Kier molecular flexibility index (Phi) is 5.05. The zero-order chi connectivity index (χ0) is 13.7. The van der Waals surface area contributed by atoms with Crippen LogP contribution in [0.5, 0.6) is 0 Å². The molecule has 0 saturated carbocycles. The molecule has 0 saturated heterocycles. The van der Waals surface area contributed by atoms with E-state index in [1.165, 1.54) is 15.4 Å². The first-order valence-electron chi connectivity index (χ1n) is 6.79. The van der Waals surface area contributed by atoms with Crippen molar-refractivity contribution < 1.29 is 0 Å². The molecule has 0 bridgehead atoms. The van der Waals surface area contributed by atoms with Crippen molar-refractivity contribution in [3.8, 4) is 0 Å². The van der Waals surface area contributed by atoms with Crippen molar-refractivity contribution in [1.82, 2.24) is 15.3 Å². The van der Waals surface area contributed by atoms with E-state index >= 15 is 0 Å². The molecule has 19 heavy (non-hydrogen) atoms. The summed E-state index contributed by atoms with van der Waals surface area (Å²) in [5, 5.41) is 4.70. The predicted octanol–water partition coefficient (Wildman–Crippen LogP) is 3.50. The van der Waals surface area contributed by atoms with Gasteiger partial charge in [0.25, 0.3) is 0 Å². The number of nitrogens with zero attached hydrogens (tertiary/aromatic N) is 2. The van der Waals surface area contributed by atoms with Gasteiger partial charge in [-0.3, -0.25) is 4.98 Å². The number of rotatable bonds is 6. The summed E-state index contributed by atoms with van der Waals surface area (Å²) in [5.74, 6) is 0. The van der Waals surface area contributed by atoms with Crippen LogP contribution in [0.2, 0.25) is 0 Å². The lowest BCUT2D eigenvalue weighted by Crippen LogP contribution is -2.18. The van der Waals surface area contributed by atoms with Crippen molar-refractivity contribution in [2.24, 2.45) is 0 Å². The van der Waals surface area contributed by atoms with Gasteiger partial charge in [0.1, 0.15) is 0 Å². The highest BCUT2D eigenvalue weighted by Gasteiger charge is 2.13. The Balaban J connectivity index is 2.08. The fraction of sp³-hybridized carbons (Fsp3) is 0.467. The second kappa shape index (κ2) is 6.78. The summed E-state index contributed by atoms with van der Waals surface area (Å²) in [4.78, 5) is 10.2. The van der Waals surface area contributed by atoms with E-state index < -0.39 is 0 Å².